The van der Waals surface area contributed by atoms with Crippen LogP contribution >= 0.6 is 11.3 Å². The second-order valence-corrected chi connectivity index (χ2v) is 4.45. The molecule has 0 saturated carbocycles. The topological polar surface area (TPSA) is 70.7 Å². The van der Waals surface area contributed by atoms with Gasteiger partial charge in [-0.1, -0.05) is 13.8 Å². The summed E-state index contributed by atoms with van der Waals surface area (Å²) >= 11 is 1.52. The summed E-state index contributed by atoms with van der Waals surface area (Å²) in [7, 11) is 0. The fraction of sp³-hybridized carbons (Fsp3) is 0.300. The molecule has 0 spiro atoms. The Kier molecular flexibility index (Phi) is 3.00. The molecule has 0 fully saturated rings. The Morgan fingerprint density at radius 1 is 1.56 bits per heavy atom. The molecule has 0 radical (unpaired) electrons. The standard InChI is InChI=1S/C10H12N4OS/c1-6(2)8-12-9(14-13-8)10(15)11-7-3-4-16-5-7/h3-6H,1-2H3,(H,11,15)(H,12,13,14). The van der Waals surface area contributed by atoms with E-state index in [1.54, 1.807) is 0 Å². The van der Waals surface area contributed by atoms with Gasteiger partial charge in [-0.05, 0) is 11.4 Å². The van der Waals surface area contributed by atoms with Gasteiger partial charge in [0.05, 0.1) is 5.69 Å². The molecule has 0 unspecified atom stereocenters. The molecule has 16 heavy (non-hydrogen) atoms. The van der Waals surface area contributed by atoms with Gasteiger partial charge in [-0.2, -0.15) is 11.3 Å². The van der Waals surface area contributed by atoms with Crippen molar-refractivity contribution in [1.29, 1.82) is 0 Å². The van der Waals surface area contributed by atoms with Crippen LogP contribution in [0.1, 0.15) is 36.2 Å². The van der Waals surface area contributed by atoms with Gasteiger partial charge in [0.1, 0.15) is 5.82 Å². The number of anilines is 1. The van der Waals surface area contributed by atoms with Crippen molar-refractivity contribution in [3.05, 3.63) is 28.5 Å². The third kappa shape index (κ3) is 2.27. The van der Waals surface area contributed by atoms with Crippen molar-refractivity contribution in [3.8, 4) is 0 Å². The number of rotatable bonds is 3. The van der Waals surface area contributed by atoms with Crippen LogP contribution < -0.4 is 5.32 Å². The number of thiophene rings is 1. The summed E-state index contributed by atoms with van der Waals surface area (Å²) in [5.74, 6) is 0.835. The Labute approximate surface area is 96.9 Å². The third-order valence-corrected chi connectivity index (χ3v) is 2.71. The van der Waals surface area contributed by atoms with Crippen LogP contribution in [0.4, 0.5) is 5.69 Å². The average Bonchev–Trinajstić information content (AvgIpc) is 2.86. The highest BCUT2D eigenvalue weighted by atomic mass is 32.1. The van der Waals surface area contributed by atoms with E-state index in [2.05, 4.69) is 20.5 Å². The van der Waals surface area contributed by atoms with E-state index in [-0.39, 0.29) is 17.6 Å². The average molecular weight is 236 g/mol. The van der Waals surface area contributed by atoms with Gasteiger partial charge in [-0.25, -0.2) is 4.98 Å². The molecule has 2 aromatic heterocycles. The maximum atomic E-state index is 11.7. The number of amides is 1. The van der Waals surface area contributed by atoms with Gasteiger partial charge in [-0.15, -0.1) is 5.10 Å². The summed E-state index contributed by atoms with van der Waals surface area (Å²) in [6, 6.07) is 1.83. The Balaban J connectivity index is 2.09. The lowest BCUT2D eigenvalue weighted by Gasteiger charge is -1.97. The van der Waals surface area contributed by atoms with Crippen LogP contribution in [0.2, 0.25) is 0 Å². The highest BCUT2D eigenvalue weighted by Crippen LogP contribution is 2.13. The largest absolute Gasteiger partial charge is 0.318 e. The van der Waals surface area contributed by atoms with E-state index < -0.39 is 0 Å². The minimum Gasteiger partial charge on any atom is -0.318 e. The fourth-order valence-corrected chi connectivity index (χ4v) is 1.74. The predicted octanol–water partition coefficient (Wildman–Crippen LogP) is 2.24. The number of aromatic nitrogens is 3. The Bertz CT molecular complexity index is 475. The minimum absolute atomic E-state index is 0.176. The maximum absolute atomic E-state index is 11.7. The lowest BCUT2D eigenvalue weighted by molar-refractivity contribution is 0.101. The smallest absolute Gasteiger partial charge is 0.295 e. The van der Waals surface area contributed by atoms with Crippen LogP contribution in [0, 0.1) is 0 Å². The SMILES string of the molecule is CC(C)c1nc(C(=O)Nc2ccsc2)n[nH]1. The number of carbonyl (C=O) groups is 1. The van der Waals surface area contributed by atoms with Gasteiger partial charge in [-0.3, -0.25) is 9.89 Å². The molecular formula is C10H12N4OS. The molecule has 0 aliphatic heterocycles. The molecule has 5 nitrogen and oxygen atoms in total. The maximum Gasteiger partial charge on any atom is 0.295 e. The van der Waals surface area contributed by atoms with E-state index in [9.17, 15) is 4.79 Å². The molecule has 2 rings (SSSR count). The van der Waals surface area contributed by atoms with Crippen molar-refractivity contribution in [2.75, 3.05) is 5.32 Å². The Morgan fingerprint density at radius 2 is 2.38 bits per heavy atom. The van der Waals surface area contributed by atoms with Crippen LogP contribution in [0.15, 0.2) is 16.8 Å². The summed E-state index contributed by atoms with van der Waals surface area (Å²) in [6.45, 7) is 3.97. The molecule has 6 heteroatoms. The number of nitrogens with zero attached hydrogens (tertiary/aromatic N) is 2. The highest BCUT2D eigenvalue weighted by Gasteiger charge is 2.14. The van der Waals surface area contributed by atoms with Crippen LogP contribution in [-0.4, -0.2) is 21.1 Å². The van der Waals surface area contributed by atoms with Gasteiger partial charge >= 0.3 is 0 Å². The van der Waals surface area contributed by atoms with Gasteiger partial charge in [0.15, 0.2) is 0 Å². The lowest BCUT2D eigenvalue weighted by atomic mass is 10.2. The van der Waals surface area contributed by atoms with Crippen LogP contribution in [0.25, 0.3) is 0 Å². The summed E-state index contributed by atoms with van der Waals surface area (Å²) in [4.78, 5) is 15.8. The van der Waals surface area contributed by atoms with Crippen molar-refractivity contribution in [3.63, 3.8) is 0 Å². The van der Waals surface area contributed by atoms with Crippen molar-refractivity contribution >= 4 is 22.9 Å². The second kappa shape index (κ2) is 4.44. The molecule has 0 aromatic carbocycles. The van der Waals surface area contributed by atoms with Gasteiger partial charge in [0.25, 0.3) is 5.91 Å². The number of hydrogen-bond acceptors (Lipinski definition) is 4. The molecule has 84 valence electrons. The van der Waals surface area contributed by atoms with E-state index in [1.165, 1.54) is 11.3 Å². The Morgan fingerprint density at radius 3 is 2.94 bits per heavy atom. The first-order valence-corrected chi connectivity index (χ1v) is 5.87. The number of carbonyl (C=O) groups excluding carboxylic acids is 1. The molecule has 0 saturated heterocycles. The quantitative estimate of drug-likeness (QED) is 0.858. The van der Waals surface area contributed by atoms with Crippen molar-refractivity contribution in [1.82, 2.24) is 15.2 Å². The number of aromatic amines is 1. The van der Waals surface area contributed by atoms with Gasteiger partial charge in [0.2, 0.25) is 5.82 Å². The van der Waals surface area contributed by atoms with E-state index >= 15 is 0 Å². The zero-order valence-electron chi connectivity index (χ0n) is 9.02. The number of hydrogen-bond donors (Lipinski definition) is 2. The summed E-state index contributed by atoms with van der Waals surface area (Å²) in [6.07, 6.45) is 0. The molecule has 0 atom stereocenters. The molecule has 2 heterocycles. The molecule has 2 N–H and O–H groups in total. The van der Waals surface area contributed by atoms with Gasteiger partial charge < -0.3 is 5.32 Å². The normalized spacial score (nSPS) is 10.7. The monoisotopic (exact) mass is 236 g/mol. The van der Waals surface area contributed by atoms with Crippen molar-refractivity contribution in [2.24, 2.45) is 0 Å². The van der Waals surface area contributed by atoms with Crippen molar-refractivity contribution < 1.29 is 4.79 Å². The molecular weight excluding hydrogens is 224 g/mol. The van der Waals surface area contributed by atoms with E-state index in [0.29, 0.717) is 0 Å². The molecule has 0 aliphatic rings. The molecule has 2 aromatic rings. The zero-order valence-corrected chi connectivity index (χ0v) is 9.84. The van der Waals surface area contributed by atoms with E-state index in [4.69, 9.17) is 0 Å². The molecule has 0 bridgehead atoms. The van der Waals surface area contributed by atoms with Crippen LogP contribution in [-0.2, 0) is 0 Å². The first-order chi connectivity index (χ1) is 7.66. The predicted molar refractivity (Wildman–Crippen MR) is 62.7 cm³/mol. The van der Waals surface area contributed by atoms with Crippen LogP contribution in [0.3, 0.4) is 0 Å². The lowest BCUT2D eigenvalue weighted by Crippen LogP contribution is -2.13. The van der Waals surface area contributed by atoms with Crippen molar-refractivity contribution in [2.45, 2.75) is 19.8 Å². The summed E-state index contributed by atoms with van der Waals surface area (Å²) in [5, 5.41) is 13.1. The van der Waals surface area contributed by atoms with Gasteiger partial charge in [0, 0.05) is 11.3 Å². The number of H-pyrrole nitrogens is 1. The summed E-state index contributed by atoms with van der Waals surface area (Å²) in [5.41, 5.74) is 0.769. The molecule has 1 amide bonds. The molecule has 0 aliphatic carbocycles. The zero-order chi connectivity index (χ0) is 11.5. The highest BCUT2D eigenvalue weighted by molar-refractivity contribution is 7.08. The van der Waals surface area contributed by atoms with Crippen LogP contribution in [0.5, 0.6) is 0 Å². The van der Waals surface area contributed by atoms with E-state index in [1.807, 2.05) is 30.7 Å². The first kappa shape index (κ1) is 10.8. The fourth-order valence-electron chi connectivity index (χ4n) is 1.16. The van der Waals surface area contributed by atoms with E-state index in [0.717, 1.165) is 11.5 Å². The number of nitrogens with one attached hydrogen (secondary N) is 2. The minimum atomic E-state index is -0.290. The first-order valence-electron chi connectivity index (χ1n) is 4.92. The third-order valence-electron chi connectivity index (χ3n) is 2.03. The summed E-state index contributed by atoms with van der Waals surface area (Å²) < 4.78 is 0. The Hall–Kier alpha value is -1.69. The second-order valence-electron chi connectivity index (χ2n) is 3.67.